The van der Waals surface area contributed by atoms with Gasteiger partial charge in [-0.1, -0.05) is 23.7 Å². The largest absolute Gasteiger partial charge is 0.444 e. The molecule has 0 radical (unpaired) electrons. The molecule has 1 aromatic rings. The Bertz CT molecular complexity index is 698. The Morgan fingerprint density at radius 3 is 2.56 bits per heavy atom. The first-order valence-corrected chi connectivity index (χ1v) is 10.3. The fourth-order valence-corrected chi connectivity index (χ4v) is 4.41. The lowest BCUT2D eigenvalue weighted by molar-refractivity contribution is 0.0487. The molecule has 6 nitrogen and oxygen atoms in total. The zero-order chi connectivity index (χ0) is 18.7. The fourth-order valence-electron chi connectivity index (χ4n) is 2.67. The molecule has 0 aromatic heterocycles. The van der Waals surface area contributed by atoms with Crippen LogP contribution in [0.2, 0.25) is 5.02 Å². The quantitative estimate of drug-likeness (QED) is 0.859. The van der Waals surface area contributed by atoms with E-state index in [1.165, 1.54) is 4.31 Å². The van der Waals surface area contributed by atoms with E-state index in [0.717, 1.165) is 6.42 Å². The third-order valence-corrected chi connectivity index (χ3v) is 5.83. The van der Waals surface area contributed by atoms with Gasteiger partial charge in [0.1, 0.15) is 5.60 Å². The molecule has 0 saturated carbocycles. The Labute approximate surface area is 154 Å². The summed E-state index contributed by atoms with van der Waals surface area (Å²) in [6, 6.07) is 6.52. The van der Waals surface area contributed by atoms with E-state index in [9.17, 15) is 13.2 Å². The van der Waals surface area contributed by atoms with Crippen LogP contribution >= 0.6 is 11.6 Å². The van der Waals surface area contributed by atoms with Crippen LogP contribution in [0.25, 0.3) is 0 Å². The molecule has 0 bridgehead atoms. The molecule has 1 amide bonds. The molecule has 1 heterocycles. The van der Waals surface area contributed by atoms with Gasteiger partial charge in [0.2, 0.25) is 10.0 Å². The van der Waals surface area contributed by atoms with Gasteiger partial charge in [0.05, 0.1) is 5.75 Å². The summed E-state index contributed by atoms with van der Waals surface area (Å²) in [5.74, 6) is -0.0800. The van der Waals surface area contributed by atoms with Gasteiger partial charge in [-0.3, -0.25) is 0 Å². The summed E-state index contributed by atoms with van der Waals surface area (Å²) >= 11 is 5.83. The highest BCUT2D eigenvalue weighted by Gasteiger charge is 2.30. The van der Waals surface area contributed by atoms with Gasteiger partial charge in [0, 0.05) is 24.2 Å². The number of halogens is 1. The zero-order valence-electron chi connectivity index (χ0n) is 14.8. The highest BCUT2D eigenvalue weighted by molar-refractivity contribution is 7.88. The number of rotatable bonds is 4. The number of hydrogen-bond acceptors (Lipinski definition) is 4. The Kier molecular flexibility index (Phi) is 6.35. The Balaban J connectivity index is 1.97. The summed E-state index contributed by atoms with van der Waals surface area (Å²) in [5.41, 5.74) is 0.102. The smallest absolute Gasteiger partial charge is 0.407 e. The number of piperidine rings is 1. The van der Waals surface area contributed by atoms with Crippen molar-refractivity contribution >= 4 is 27.7 Å². The molecule has 0 aliphatic carbocycles. The molecular weight excluding hydrogens is 364 g/mol. The maximum atomic E-state index is 12.6. The molecule has 1 aromatic carbocycles. The van der Waals surface area contributed by atoms with Crippen molar-refractivity contribution in [3.8, 4) is 0 Å². The molecule has 8 heteroatoms. The van der Waals surface area contributed by atoms with E-state index < -0.39 is 21.7 Å². The highest BCUT2D eigenvalue weighted by Crippen LogP contribution is 2.19. The first-order chi connectivity index (χ1) is 11.5. The van der Waals surface area contributed by atoms with Gasteiger partial charge in [0.15, 0.2) is 0 Å². The van der Waals surface area contributed by atoms with Crippen molar-refractivity contribution in [2.45, 2.75) is 51.0 Å². The van der Waals surface area contributed by atoms with Crippen molar-refractivity contribution in [1.82, 2.24) is 9.62 Å². The lowest BCUT2D eigenvalue weighted by Gasteiger charge is -2.32. The van der Waals surface area contributed by atoms with Crippen molar-refractivity contribution < 1.29 is 17.9 Å². The van der Waals surface area contributed by atoms with Gasteiger partial charge >= 0.3 is 6.09 Å². The number of amides is 1. The highest BCUT2D eigenvalue weighted by atomic mass is 35.5. The summed E-state index contributed by atoms with van der Waals surface area (Å²) in [5, 5.41) is 3.33. The minimum atomic E-state index is -3.45. The van der Waals surface area contributed by atoms with Crippen LogP contribution in [0.15, 0.2) is 24.3 Å². The molecule has 1 saturated heterocycles. The molecule has 25 heavy (non-hydrogen) atoms. The van der Waals surface area contributed by atoms with Crippen LogP contribution in [0.1, 0.15) is 39.2 Å². The molecule has 0 spiro atoms. The first-order valence-electron chi connectivity index (χ1n) is 8.27. The zero-order valence-corrected chi connectivity index (χ0v) is 16.4. The third-order valence-electron chi connectivity index (χ3n) is 3.76. The lowest BCUT2D eigenvalue weighted by atomic mass is 10.1. The van der Waals surface area contributed by atoms with Crippen LogP contribution in [0.4, 0.5) is 4.79 Å². The average Bonchev–Trinajstić information content (AvgIpc) is 2.48. The summed E-state index contributed by atoms with van der Waals surface area (Å²) in [6.45, 7) is 6.08. The Morgan fingerprint density at radius 2 is 1.96 bits per heavy atom. The number of ether oxygens (including phenoxy) is 1. The van der Waals surface area contributed by atoms with Crippen LogP contribution in [0, 0.1) is 0 Å². The number of hydrogen-bond donors (Lipinski definition) is 1. The number of carbonyl (C=O) groups excluding carboxylic acids is 1. The lowest BCUT2D eigenvalue weighted by Crippen LogP contribution is -2.50. The average molecular weight is 389 g/mol. The maximum Gasteiger partial charge on any atom is 0.407 e. The molecule has 1 aliphatic rings. The van der Waals surface area contributed by atoms with Gasteiger partial charge in [-0.2, -0.15) is 4.31 Å². The molecule has 1 unspecified atom stereocenters. The molecule has 1 atom stereocenters. The summed E-state index contributed by atoms with van der Waals surface area (Å²) in [4.78, 5) is 11.9. The van der Waals surface area contributed by atoms with Gasteiger partial charge in [0.25, 0.3) is 0 Å². The molecule has 140 valence electrons. The van der Waals surface area contributed by atoms with Gasteiger partial charge in [-0.05, 0) is 51.3 Å². The number of carbonyl (C=O) groups is 1. The fraction of sp³-hybridized carbons (Fsp3) is 0.588. The first kappa shape index (κ1) is 20.0. The van der Waals surface area contributed by atoms with Crippen LogP contribution in [0.5, 0.6) is 0 Å². The van der Waals surface area contributed by atoms with E-state index in [2.05, 4.69) is 5.32 Å². The van der Waals surface area contributed by atoms with E-state index in [4.69, 9.17) is 16.3 Å². The minimum absolute atomic E-state index is 0.0800. The SMILES string of the molecule is CC(C)(C)OC(=O)NC1CCCN(S(=O)(=O)Cc2ccc(Cl)cc2)C1. The monoisotopic (exact) mass is 388 g/mol. The predicted octanol–water partition coefficient (Wildman–Crippen LogP) is 3.16. The summed E-state index contributed by atoms with van der Waals surface area (Å²) in [6.07, 6.45) is 0.904. The summed E-state index contributed by atoms with van der Waals surface area (Å²) < 4.78 is 32.0. The second-order valence-corrected chi connectivity index (χ2v) is 9.63. The van der Waals surface area contributed by atoms with E-state index in [0.29, 0.717) is 23.6 Å². The number of nitrogens with zero attached hydrogens (tertiary/aromatic N) is 1. The van der Waals surface area contributed by atoms with Gasteiger partial charge in [-0.25, -0.2) is 13.2 Å². The van der Waals surface area contributed by atoms with Crippen LogP contribution in [-0.4, -0.2) is 43.5 Å². The number of sulfonamides is 1. The molecule has 1 N–H and O–H groups in total. The Morgan fingerprint density at radius 1 is 1.32 bits per heavy atom. The second kappa shape index (κ2) is 7.93. The molecule has 1 fully saturated rings. The van der Waals surface area contributed by atoms with E-state index in [1.54, 1.807) is 45.0 Å². The van der Waals surface area contributed by atoms with E-state index in [-0.39, 0.29) is 18.3 Å². The van der Waals surface area contributed by atoms with Crippen molar-refractivity contribution in [2.75, 3.05) is 13.1 Å². The topological polar surface area (TPSA) is 75.7 Å². The second-order valence-electron chi connectivity index (χ2n) is 7.23. The third kappa shape index (κ3) is 6.49. The maximum absolute atomic E-state index is 12.6. The van der Waals surface area contributed by atoms with Crippen LogP contribution < -0.4 is 5.32 Å². The number of alkyl carbamates (subject to hydrolysis) is 1. The molecular formula is C17H25ClN2O4S. The van der Waals surface area contributed by atoms with Crippen LogP contribution in [0.3, 0.4) is 0 Å². The van der Waals surface area contributed by atoms with Crippen molar-refractivity contribution in [1.29, 1.82) is 0 Å². The minimum Gasteiger partial charge on any atom is -0.444 e. The predicted molar refractivity (Wildman–Crippen MR) is 98.0 cm³/mol. The summed E-state index contributed by atoms with van der Waals surface area (Å²) in [7, 11) is -3.45. The van der Waals surface area contributed by atoms with E-state index >= 15 is 0 Å². The van der Waals surface area contributed by atoms with Crippen LogP contribution in [-0.2, 0) is 20.5 Å². The van der Waals surface area contributed by atoms with Crippen molar-refractivity contribution in [3.63, 3.8) is 0 Å². The van der Waals surface area contributed by atoms with Gasteiger partial charge in [-0.15, -0.1) is 0 Å². The van der Waals surface area contributed by atoms with Gasteiger partial charge < -0.3 is 10.1 Å². The normalized spacial score (nSPS) is 19.4. The number of nitrogens with one attached hydrogen (secondary N) is 1. The van der Waals surface area contributed by atoms with Crippen molar-refractivity contribution in [2.24, 2.45) is 0 Å². The van der Waals surface area contributed by atoms with Crippen molar-refractivity contribution in [3.05, 3.63) is 34.9 Å². The Hall–Kier alpha value is -1.31. The molecule has 1 aliphatic heterocycles. The number of benzene rings is 1. The van der Waals surface area contributed by atoms with E-state index in [1.807, 2.05) is 0 Å². The standard InChI is InChI=1S/C17H25ClN2O4S/c1-17(2,3)24-16(21)19-15-5-4-10-20(11-15)25(22,23)12-13-6-8-14(18)9-7-13/h6-9,15H,4-5,10-12H2,1-3H3,(H,19,21). The molecule has 2 rings (SSSR count).